The molecule has 0 atom stereocenters. The summed E-state index contributed by atoms with van der Waals surface area (Å²) in [5, 5.41) is 5.75. The highest BCUT2D eigenvalue weighted by atomic mass is 16.2. The molecule has 4 aliphatic carbocycles. The van der Waals surface area contributed by atoms with Crippen molar-refractivity contribution in [3.63, 3.8) is 0 Å². The van der Waals surface area contributed by atoms with Crippen LogP contribution in [0, 0.1) is 23.2 Å². The molecule has 0 spiro atoms. The van der Waals surface area contributed by atoms with Gasteiger partial charge in [-0.1, -0.05) is 30.3 Å². The molecule has 4 heteroatoms. The summed E-state index contributed by atoms with van der Waals surface area (Å²) in [6, 6.07) is 9.61. The number of carbonyl (C=O) groups excluding carboxylic acids is 2. The van der Waals surface area contributed by atoms with Gasteiger partial charge in [-0.3, -0.25) is 9.59 Å². The van der Waals surface area contributed by atoms with Crippen molar-refractivity contribution in [3.05, 3.63) is 35.9 Å². The van der Waals surface area contributed by atoms with Gasteiger partial charge in [-0.2, -0.15) is 0 Å². The van der Waals surface area contributed by atoms with Crippen molar-refractivity contribution in [1.82, 2.24) is 10.6 Å². The minimum Gasteiger partial charge on any atom is -0.355 e. The van der Waals surface area contributed by atoms with Crippen molar-refractivity contribution in [2.45, 2.75) is 51.4 Å². The predicted molar refractivity (Wildman–Crippen MR) is 101 cm³/mol. The van der Waals surface area contributed by atoms with Gasteiger partial charge in [-0.25, -0.2) is 0 Å². The quantitative estimate of drug-likeness (QED) is 0.791. The third kappa shape index (κ3) is 4.11. The van der Waals surface area contributed by atoms with E-state index < -0.39 is 0 Å². The Balaban J connectivity index is 1.16. The third-order valence-electron chi connectivity index (χ3n) is 6.80. The molecule has 0 heterocycles. The van der Waals surface area contributed by atoms with Crippen LogP contribution >= 0.6 is 0 Å². The first-order chi connectivity index (χ1) is 12.6. The summed E-state index contributed by atoms with van der Waals surface area (Å²) in [5.74, 6) is 2.68. The van der Waals surface area contributed by atoms with Crippen LogP contribution in [-0.2, 0) is 16.0 Å². The fourth-order valence-electron chi connectivity index (χ4n) is 6.15. The summed E-state index contributed by atoms with van der Waals surface area (Å²) in [4.78, 5) is 24.0. The van der Waals surface area contributed by atoms with Crippen LogP contribution in [0.1, 0.15) is 50.5 Å². The Bertz CT molecular complexity index is 620. The Hall–Kier alpha value is -1.84. The van der Waals surface area contributed by atoms with Crippen LogP contribution < -0.4 is 10.6 Å². The average Bonchev–Trinajstić information content (AvgIpc) is 2.59. The van der Waals surface area contributed by atoms with E-state index in [9.17, 15) is 9.59 Å². The lowest BCUT2D eigenvalue weighted by atomic mass is 9.49. The molecule has 0 radical (unpaired) electrons. The Morgan fingerprint density at radius 2 is 1.50 bits per heavy atom. The van der Waals surface area contributed by atoms with E-state index >= 15 is 0 Å². The highest BCUT2D eigenvalue weighted by molar-refractivity contribution is 5.85. The van der Waals surface area contributed by atoms with E-state index in [1.54, 1.807) is 0 Å². The van der Waals surface area contributed by atoms with Crippen LogP contribution in [0.25, 0.3) is 0 Å². The molecule has 0 aliphatic heterocycles. The molecular weight excluding hydrogens is 324 g/mol. The predicted octanol–water partition coefficient (Wildman–Crippen LogP) is 3.07. The van der Waals surface area contributed by atoms with Crippen molar-refractivity contribution >= 4 is 11.8 Å². The lowest BCUT2D eigenvalue weighted by Crippen LogP contribution is -2.47. The molecule has 4 aliphatic rings. The molecule has 2 N–H and O–H groups in total. The standard InChI is InChI=1S/C22H30N2O2/c25-20(11-16-4-2-1-3-5-16)24-15-21(26)23-7-6-22-12-17-8-18(13-22)10-19(9-17)14-22/h1-5,17-19H,6-15H2,(H,23,26)(H,24,25). The lowest BCUT2D eigenvalue weighted by Gasteiger charge is -2.57. The number of carbonyl (C=O) groups is 2. The highest BCUT2D eigenvalue weighted by Crippen LogP contribution is 2.61. The largest absolute Gasteiger partial charge is 0.355 e. The molecular formula is C22H30N2O2. The molecule has 1 aromatic carbocycles. The Labute approximate surface area is 156 Å². The molecule has 0 unspecified atom stereocenters. The summed E-state index contributed by atoms with van der Waals surface area (Å²) >= 11 is 0. The van der Waals surface area contributed by atoms with Crippen LogP contribution in [-0.4, -0.2) is 24.9 Å². The minimum absolute atomic E-state index is 0.0730. The summed E-state index contributed by atoms with van der Waals surface area (Å²) in [5.41, 5.74) is 1.46. The van der Waals surface area contributed by atoms with Crippen LogP contribution in [0.2, 0.25) is 0 Å². The van der Waals surface area contributed by atoms with Crippen LogP contribution in [0.3, 0.4) is 0 Å². The monoisotopic (exact) mass is 354 g/mol. The SMILES string of the molecule is O=C(CNC(=O)Cc1ccccc1)NCCC12CC3CC(CC(C3)C1)C2. The second-order valence-electron chi connectivity index (χ2n) is 8.96. The number of hydrogen-bond acceptors (Lipinski definition) is 2. The fraction of sp³-hybridized carbons (Fsp3) is 0.636. The maximum Gasteiger partial charge on any atom is 0.239 e. The van der Waals surface area contributed by atoms with Crippen LogP contribution in [0.15, 0.2) is 30.3 Å². The van der Waals surface area contributed by atoms with E-state index in [-0.39, 0.29) is 18.4 Å². The first-order valence-electron chi connectivity index (χ1n) is 10.2. The minimum atomic E-state index is -0.104. The van der Waals surface area contributed by atoms with Gasteiger partial charge >= 0.3 is 0 Å². The third-order valence-corrected chi connectivity index (χ3v) is 6.80. The van der Waals surface area contributed by atoms with E-state index in [0.717, 1.165) is 36.3 Å². The number of benzene rings is 1. The fourth-order valence-corrected chi connectivity index (χ4v) is 6.15. The number of amides is 2. The summed E-state index contributed by atoms with van der Waals surface area (Å²) in [7, 11) is 0. The van der Waals surface area contributed by atoms with Gasteiger partial charge < -0.3 is 10.6 Å². The van der Waals surface area contributed by atoms with E-state index in [4.69, 9.17) is 0 Å². The Morgan fingerprint density at radius 1 is 0.885 bits per heavy atom. The molecule has 140 valence electrons. The molecule has 5 rings (SSSR count). The summed E-state index contributed by atoms with van der Waals surface area (Å²) < 4.78 is 0. The zero-order chi connectivity index (χ0) is 18.0. The topological polar surface area (TPSA) is 58.2 Å². The summed E-state index contributed by atoms with van der Waals surface area (Å²) in [6.45, 7) is 0.825. The van der Waals surface area contributed by atoms with Crippen LogP contribution in [0.5, 0.6) is 0 Å². The zero-order valence-electron chi connectivity index (χ0n) is 15.5. The average molecular weight is 354 g/mol. The van der Waals surface area contributed by atoms with Gasteiger partial charge in [0.25, 0.3) is 0 Å². The summed E-state index contributed by atoms with van der Waals surface area (Å²) in [6.07, 6.45) is 9.94. The highest BCUT2D eigenvalue weighted by Gasteiger charge is 2.50. The normalized spacial score (nSPS) is 31.6. The van der Waals surface area contributed by atoms with E-state index in [1.807, 2.05) is 30.3 Å². The van der Waals surface area contributed by atoms with Crippen molar-refractivity contribution < 1.29 is 9.59 Å². The second-order valence-corrected chi connectivity index (χ2v) is 8.96. The maximum atomic E-state index is 12.1. The molecule has 0 saturated heterocycles. The molecule has 4 bridgehead atoms. The lowest BCUT2D eigenvalue weighted by molar-refractivity contribution is -0.126. The molecule has 4 saturated carbocycles. The van der Waals surface area contributed by atoms with Gasteiger partial charge in [0, 0.05) is 6.54 Å². The van der Waals surface area contributed by atoms with Gasteiger partial charge in [0.05, 0.1) is 13.0 Å². The van der Waals surface area contributed by atoms with Gasteiger partial charge in [0.15, 0.2) is 0 Å². The molecule has 4 nitrogen and oxygen atoms in total. The number of hydrogen-bond donors (Lipinski definition) is 2. The number of nitrogens with one attached hydrogen (secondary N) is 2. The first kappa shape index (κ1) is 17.6. The van der Waals surface area contributed by atoms with Crippen molar-refractivity contribution in [1.29, 1.82) is 0 Å². The van der Waals surface area contributed by atoms with E-state index in [2.05, 4.69) is 10.6 Å². The first-order valence-corrected chi connectivity index (χ1v) is 10.2. The van der Waals surface area contributed by atoms with Gasteiger partial charge in [-0.15, -0.1) is 0 Å². The smallest absolute Gasteiger partial charge is 0.239 e. The maximum absolute atomic E-state index is 12.1. The Morgan fingerprint density at radius 3 is 2.12 bits per heavy atom. The Kier molecular flexibility index (Phi) is 5.01. The molecule has 2 amide bonds. The van der Waals surface area contributed by atoms with Crippen LogP contribution in [0.4, 0.5) is 0 Å². The van der Waals surface area contributed by atoms with Crippen molar-refractivity contribution in [2.75, 3.05) is 13.1 Å². The molecule has 4 fully saturated rings. The van der Waals surface area contributed by atoms with Gasteiger partial charge in [-0.05, 0) is 73.7 Å². The number of rotatable bonds is 7. The van der Waals surface area contributed by atoms with Crippen molar-refractivity contribution in [3.8, 4) is 0 Å². The van der Waals surface area contributed by atoms with Gasteiger partial charge in [0.2, 0.25) is 11.8 Å². The molecule has 26 heavy (non-hydrogen) atoms. The second kappa shape index (κ2) is 7.42. The zero-order valence-corrected chi connectivity index (χ0v) is 15.5. The van der Waals surface area contributed by atoms with Crippen molar-refractivity contribution in [2.24, 2.45) is 23.2 Å². The van der Waals surface area contributed by atoms with E-state index in [0.29, 0.717) is 11.8 Å². The molecule has 1 aromatic rings. The van der Waals surface area contributed by atoms with E-state index in [1.165, 1.54) is 38.5 Å². The van der Waals surface area contributed by atoms with Gasteiger partial charge in [0.1, 0.15) is 0 Å². The molecule has 0 aromatic heterocycles.